The summed E-state index contributed by atoms with van der Waals surface area (Å²) < 4.78 is 12.7. The average Bonchev–Trinajstić information content (AvgIpc) is 3.29. The minimum atomic E-state index is -0.868. The molecule has 25 heavy (non-hydrogen) atoms. The van der Waals surface area contributed by atoms with Crippen LogP contribution in [0, 0.1) is 12.7 Å². The van der Waals surface area contributed by atoms with Crippen LogP contribution in [-0.4, -0.2) is 33.1 Å². The Morgan fingerprint density at radius 3 is 2.72 bits per heavy atom. The Bertz CT molecular complexity index is 727. The molecule has 0 radical (unpaired) electrons. The predicted octanol–water partition coefficient (Wildman–Crippen LogP) is 2.91. The molecule has 0 bridgehead atoms. The van der Waals surface area contributed by atoms with Crippen LogP contribution in [0.3, 0.4) is 0 Å². The Kier molecular flexibility index (Phi) is 7.10. The van der Waals surface area contributed by atoms with Gasteiger partial charge in [0.1, 0.15) is 0 Å². The van der Waals surface area contributed by atoms with E-state index in [-0.39, 0.29) is 20.1 Å². The van der Waals surface area contributed by atoms with E-state index in [0.717, 1.165) is 17.1 Å². The minimum absolute atomic E-state index is 0. The maximum Gasteiger partial charge on any atom is 3.00 e. The van der Waals surface area contributed by atoms with Crippen molar-refractivity contribution >= 4 is 0 Å². The molecule has 1 unspecified atom stereocenters. The number of aromatic nitrogens is 3. The largest absolute Gasteiger partial charge is 3.00 e. The number of rotatable bonds is 2. The molecule has 0 amide bonds. The second-order valence-corrected chi connectivity index (χ2v) is 5.26. The molecule has 130 valence electrons. The molecule has 1 aliphatic carbocycles. The summed E-state index contributed by atoms with van der Waals surface area (Å²) in [6.45, 7) is 1.92. The predicted molar refractivity (Wildman–Crippen MR) is 89.2 cm³/mol. The van der Waals surface area contributed by atoms with E-state index in [4.69, 9.17) is 0 Å². The van der Waals surface area contributed by atoms with Gasteiger partial charge in [-0.25, -0.2) is 4.39 Å². The second-order valence-electron chi connectivity index (χ2n) is 5.26. The van der Waals surface area contributed by atoms with Crippen LogP contribution in [0.2, 0.25) is 0 Å². The number of alkyl halides is 1. The number of nitrogens with zero attached hydrogens (tertiary/aromatic N) is 5. The molecule has 0 saturated heterocycles. The molecule has 0 spiro atoms. The third-order valence-electron chi connectivity index (χ3n) is 3.38. The normalized spacial score (nSPS) is 18.3. The van der Waals surface area contributed by atoms with Crippen LogP contribution in [0.5, 0.6) is 0 Å². The fourth-order valence-corrected chi connectivity index (χ4v) is 2.18. The van der Waals surface area contributed by atoms with Crippen LogP contribution in [0.25, 0.3) is 11.4 Å². The summed E-state index contributed by atoms with van der Waals surface area (Å²) in [5.41, 5.74) is 2.60. The maximum atomic E-state index is 12.7. The van der Waals surface area contributed by atoms with E-state index in [9.17, 15) is 4.39 Å². The van der Waals surface area contributed by atoms with Gasteiger partial charge in [-0.15, -0.1) is 6.08 Å². The van der Waals surface area contributed by atoms with Gasteiger partial charge < -0.3 is 20.0 Å². The van der Waals surface area contributed by atoms with Crippen molar-refractivity contribution in [3.8, 4) is 11.4 Å². The quantitative estimate of drug-likeness (QED) is 0.577. The van der Waals surface area contributed by atoms with E-state index in [1.54, 1.807) is 24.5 Å². The van der Waals surface area contributed by atoms with E-state index in [1.165, 1.54) is 0 Å². The first-order chi connectivity index (χ1) is 11.7. The third-order valence-corrected chi connectivity index (χ3v) is 3.38. The third kappa shape index (κ3) is 5.37. The van der Waals surface area contributed by atoms with Crippen molar-refractivity contribution in [2.24, 2.45) is 0 Å². The number of halogens is 1. The smallest absolute Gasteiger partial charge is 0.574 e. The topological polar surface area (TPSA) is 46.4 Å². The first-order valence-corrected chi connectivity index (χ1v) is 7.55. The fourth-order valence-electron chi connectivity index (χ4n) is 2.18. The summed E-state index contributed by atoms with van der Waals surface area (Å²) in [5.74, 6) is 0. The molecule has 1 atom stereocenters. The first-order valence-electron chi connectivity index (χ1n) is 7.55. The van der Waals surface area contributed by atoms with Crippen LogP contribution >= 0.6 is 0 Å². The molecule has 1 aliphatic heterocycles. The molecule has 0 fully saturated rings. The van der Waals surface area contributed by atoms with E-state index in [0.29, 0.717) is 6.42 Å². The van der Waals surface area contributed by atoms with Gasteiger partial charge in [0.25, 0.3) is 0 Å². The summed E-state index contributed by atoms with van der Waals surface area (Å²) in [6.07, 6.45) is 13.1. The van der Waals surface area contributed by atoms with Crippen LogP contribution in [0.15, 0.2) is 66.9 Å². The maximum absolute atomic E-state index is 12.7. The molecule has 0 aromatic carbocycles. The van der Waals surface area contributed by atoms with Gasteiger partial charge in [0, 0.05) is 18.1 Å². The molecule has 4 rings (SSSR count). The first kappa shape index (κ1) is 19.1. The number of allylic oxidation sites excluding steroid dienone is 3. The van der Waals surface area contributed by atoms with Gasteiger partial charge in [-0.1, -0.05) is 24.2 Å². The van der Waals surface area contributed by atoms with Crippen molar-refractivity contribution in [3.05, 3.63) is 79.7 Å². The van der Waals surface area contributed by atoms with Gasteiger partial charge in [0.05, 0.1) is 6.17 Å². The number of pyridine rings is 1. The van der Waals surface area contributed by atoms with E-state index in [1.807, 2.05) is 60.2 Å². The Morgan fingerprint density at radius 1 is 1.28 bits per heavy atom. The molecule has 7 heteroatoms. The van der Waals surface area contributed by atoms with Gasteiger partial charge >= 0.3 is 20.1 Å². The number of hydrogen-bond donors (Lipinski definition) is 0. The summed E-state index contributed by atoms with van der Waals surface area (Å²) in [6, 6.07) is 7.54. The second kappa shape index (κ2) is 9.30. The van der Waals surface area contributed by atoms with Crippen LogP contribution in [0.1, 0.15) is 6.42 Å². The molecule has 2 aliphatic rings. The van der Waals surface area contributed by atoms with E-state index < -0.39 is 6.17 Å². The SMILES string of the molecule is CN1C=CN(C2=[C-]CC(F)C=C2)[CH-]1.[Ir+3].c1ccc(-c2ccn[n-]2)nc1. The standard InChI is InChI=1S/C10H11FN2.C8H6N3.Ir/c1-12-6-7-13(8-12)10-4-2-9(11)3-5-10;1-2-5-9-7(3-1)8-4-6-10-11-8;/h2,4,6-9H,3H2,1H3;1-6H;/q-2;-1;+3. The van der Waals surface area contributed by atoms with Gasteiger partial charge in [-0.3, -0.25) is 11.1 Å². The zero-order chi connectivity index (χ0) is 16.8. The van der Waals surface area contributed by atoms with Crippen molar-refractivity contribution in [3.63, 3.8) is 0 Å². The average molecular weight is 515 g/mol. The van der Waals surface area contributed by atoms with Crippen molar-refractivity contribution < 1.29 is 24.5 Å². The number of hydrogen-bond acceptors (Lipinski definition) is 4. The van der Waals surface area contributed by atoms with Crippen LogP contribution < -0.4 is 5.10 Å². The molecule has 2 aromatic heterocycles. The zero-order valence-electron chi connectivity index (χ0n) is 13.6. The molecule has 0 saturated carbocycles. The van der Waals surface area contributed by atoms with Crippen molar-refractivity contribution in [1.29, 1.82) is 0 Å². The van der Waals surface area contributed by atoms with Crippen molar-refractivity contribution in [1.82, 2.24) is 25.0 Å². The molecule has 5 nitrogen and oxygen atoms in total. The fraction of sp³-hybridized carbons (Fsp3) is 0.167. The molecule has 2 aromatic rings. The van der Waals surface area contributed by atoms with Gasteiger partial charge in [-0.05, 0) is 31.6 Å². The molecule has 3 heterocycles. The summed E-state index contributed by atoms with van der Waals surface area (Å²) in [7, 11) is 1.95. The Labute approximate surface area is 160 Å². The molecular formula is C18H17FIrN5. The van der Waals surface area contributed by atoms with Gasteiger partial charge in [0.2, 0.25) is 0 Å². The summed E-state index contributed by atoms with van der Waals surface area (Å²) in [5, 5.41) is 7.58. The van der Waals surface area contributed by atoms with E-state index >= 15 is 0 Å². The van der Waals surface area contributed by atoms with Gasteiger partial charge in [0.15, 0.2) is 0 Å². The van der Waals surface area contributed by atoms with Crippen LogP contribution in [0.4, 0.5) is 4.39 Å². The van der Waals surface area contributed by atoms with Crippen molar-refractivity contribution in [2.75, 3.05) is 7.05 Å². The Morgan fingerprint density at radius 2 is 2.16 bits per heavy atom. The van der Waals surface area contributed by atoms with Gasteiger partial charge in [-0.2, -0.15) is 18.4 Å². The minimum Gasteiger partial charge on any atom is -0.574 e. The summed E-state index contributed by atoms with van der Waals surface area (Å²) in [4.78, 5) is 7.97. The van der Waals surface area contributed by atoms with E-state index in [2.05, 4.69) is 21.3 Å². The van der Waals surface area contributed by atoms with Crippen molar-refractivity contribution in [2.45, 2.75) is 12.6 Å². The Hall–Kier alpha value is -2.24. The Balaban J connectivity index is 0.000000175. The monoisotopic (exact) mass is 515 g/mol. The molecular weight excluding hydrogens is 497 g/mol. The summed E-state index contributed by atoms with van der Waals surface area (Å²) >= 11 is 0. The zero-order valence-corrected chi connectivity index (χ0v) is 16.0. The molecule has 0 N–H and O–H groups in total. The van der Waals surface area contributed by atoms with Crippen LogP contribution in [-0.2, 0) is 20.1 Å².